The lowest BCUT2D eigenvalue weighted by Crippen LogP contribution is -3.08. The summed E-state index contributed by atoms with van der Waals surface area (Å²) >= 11 is 0. The van der Waals surface area contributed by atoms with Crippen molar-refractivity contribution >= 4 is 0 Å². The highest BCUT2D eigenvalue weighted by Crippen LogP contribution is 2.09. The van der Waals surface area contributed by atoms with E-state index >= 15 is 0 Å². The minimum Gasteiger partial charge on any atom is -0.634 e. The molecular weight excluding hydrogens is 190 g/mol. The highest BCUT2D eigenvalue weighted by molar-refractivity contribution is 5.13. The van der Waals surface area contributed by atoms with Crippen molar-refractivity contribution in [3.8, 4) is 0 Å². The van der Waals surface area contributed by atoms with Gasteiger partial charge in [-0.1, -0.05) is 30.3 Å². The molecule has 1 saturated heterocycles. The Labute approximate surface area is 90.2 Å². The SMILES string of the molecule is [O-][NH+]1CCC(OCc2ccccc2)CC1. The maximum absolute atomic E-state index is 11.0. The summed E-state index contributed by atoms with van der Waals surface area (Å²) in [7, 11) is 0. The average Bonchev–Trinajstić information content (AvgIpc) is 2.30. The summed E-state index contributed by atoms with van der Waals surface area (Å²) in [5, 5.41) is 11.4. The van der Waals surface area contributed by atoms with Gasteiger partial charge in [-0.05, 0) is 5.56 Å². The molecular formula is C12H17NO2. The lowest BCUT2D eigenvalue weighted by molar-refractivity contribution is -0.854. The summed E-state index contributed by atoms with van der Waals surface area (Å²) in [6, 6.07) is 10.2. The lowest BCUT2D eigenvalue weighted by atomic mass is 10.1. The molecule has 3 nitrogen and oxygen atoms in total. The van der Waals surface area contributed by atoms with E-state index in [0.717, 1.165) is 12.8 Å². The van der Waals surface area contributed by atoms with Crippen molar-refractivity contribution in [2.75, 3.05) is 13.1 Å². The highest BCUT2D eigenvalue weighted by atomic mass is 16.5. The number of piperidine rings is 1. The van der Waals surface area contributed by atoms with Crippen LogP contribution in [0.4, 0.5) is 0 Å². The quantitative estimate of drug-likeness (QED) is 0.742. The number of hydrogen-bond donors (Lipinski definition) is 1. The van der Waals surface area contributed by atoms with Crippen LogP contribution in [-0.2, 0) is 11.3 Å². The number of hydrogen-bond acceptors (Lipinski definition) is 2. The number of rotatable bonds is 3. The molecule has 1 aromatic carbocycles. The van der Waals surface area contributed by atoms with Gasteiger partial charge in [-0.25, -0.2) is 0 Å². The minimum absolute atomic E-state index is 0.280. The third-order valence-electron chi connectivity index (χ3n) is 2.82. The fourth-order valence-electron chi connectivity index (χ4n) is 1.87. The van der Waals surface area contributed by atoms with Gasteiger partial charge in [0.2, 0.25) is 0 Å². The first-order valence-electron chi connectivity index (χ1n) is 5.52. The second kappa shape index (κ2) is 5.26. The topological polar surface area (TPSA) is 36.7 Å². The Hall–Kier alpha value is -0.900. The predicted molar refractivity (Wildman–Crippen MR) is 58.3 cm³/mol. The molecule has 1 fully saturated rings. The zero-order valence-electron chi connectivity index (χ0n) is 8.82. The van der Waals surface area contributed by atoms with E-state index in [4.69, 9.17) is 4.74 Å². The van der Waals surface area contributed by atoms with Gasteiger partial charge in [0, 0.05) is 12.8 Å². The molecule has 1 aliphatic rings. The minimum atomic E-state index is 0.280. The van der Waals surface area contributed by atoms with Crippen molar-refractivity contribution in [2.24, 2.45) is 0 Å². The van der Waals surface area contributed by atoms with E-state index in [1.807, 2.05) is 18.2 Å². The van der Waals surface area contributed by atoms with E-state index in [0.29, 0.717) is 24.8 Å². The van der Waals surface area contributed by atoms with Crippen molar-refractivity contribution < 1.29 is 9.80 Å². The van der Waals surface area contributed by atoms with Crippen molar-refractivity contribution in [2.45, 2.75) is 25.6 Å². The molecule has 0 aromatic heterocycles. The van der Waals surface area contributed by atoms with Crippen LogP contribution >= 0.6 is 0 Å². The van der Waals surface area contributed by atoms with Crippen LogP contribution in [0.25, 0.3) is 0 Å². The smallest absolute Gasteiger partial charge is 0.0793 e. The number of nitrogens with one attached hydrogen (secondary N) is 1. The molecule has 82 valence electrons. The number of ether oxygens (including phenoxy) is 1. The zero-order valence-corrected chi connectivity index (χ0v) is 8.82. The van der Waals surface area contributed by atoms with Crippen LogP contribution in [0.15, 0.2) is 30.3 Å². The van der Waals surface area contributed by atoms with Crippen molar-refractivity contribution in [1.82, 2.24) is 0 Å². The van der Waals surface area contributed by atoms with Gasteiger partial charge >= 0.3 is 0 Å². The van der Waals surface area contributed by atoms with Crippen molar-refractivity contribution in [3.63, 3.8) is 0 Å². The Balaban J connectivity index is 1.74. The normalized spacial score (nSPS) is 26.5. The first-order valence-corrected chi connectivity index (χ1v) is 5.52. The van der Waals surface area contributed by atoms with Gasteiger partial charge in [0.15, 0.2) is 0 Å². The van der Waals surface area contributed by atoms with E-state index in [9.17, 15) is 5.21 Å². The van der Waals surface area contributed by atoms with Crippen molar-refractivity contribution in [3.05, 3.63) is 41.1 Å². The lowest BCUT2D eigenvalue weighted by Gasteiger charge is -2.31. The standard InChI is InChI=1S/C12H17NO2/c14-13-8-6-12(7-9-13)15-10-11-4-2-1-3-5-11/h1-5,12-13H,6-10H2. The Kier molecular flexibility index (Phi) is 3.72. The molecule has 2 rings (SSSR count). The van der Waals surface area contributed by atoms with Gasteiger partial charge in [-0.2, -0.15) is 0 Å². The zero-order chi connectivity index (χ0) is 10.5. The summed E-state index contributed by atoms with van der Waals surface area (Å²) in [6.45, 7) is 2.05. The first kappa shape index (κ1) is 10.6. The predicted octanol–water partition coefficient (Wildman–Crippen LogP) is 0.748. The van der Waals surface area contributed by atoms with Crippen LogP contribution < -0.4 is 5.06 Å². The molecule has 0 bridgehead atoms. The second-order valence-corrected chi connectivity index (χ2v) is 4.03. The van der Waals surface area contributed by atoms with Crippen LogP contribution in [-0.4, -0.2) is 19.2 Å². The highest BCUT2D eigenvalue weighted by Gasteiger charge is 2.17. The van der Waals surface area contributed by atoms with E-state index in [1.54, 1.807) is 0 Å². The molecule has 0 aliphatic carbocycles. The molecule has 15 heavy (non-hydrogen) atoms. The molecule has 0 saturated carbocycles. The summed E-state index contributed by atoms with van der Waals surface area (Å²) in [4.78, 5) is 0. The van der Waals surface area contributed by atoms with E-state index in [1.165, 1.54) is 5.56 Å². The first-order chi connectivity index (χ1) is 7.34. The largest absolute Gasteiger partial charge is 0.634 e. The van der Waals surface area contributed by atoms with Gasteiger partial charge in [0.05, 0.1) is 25.8 Å². The molecule has 0 amide bonds. The Bertz CT molecular complexity index is 281. The van der Waals surface area contributed by atoms with Crippen LogP contribution in [0.3, 0.4) is 0 Å². The van der Waals surface area contributed by atoms with Crippen LogP contribution in [0, 0.1) is 5.21 Å². The van der Waals surface area contributed by atoms with Crippen LogP contribution in [0.5, 0.6) is 0 Å². The Morgan fingerprint density at radius 3 is 2.53 bits per heavy atom. The van der Waals surface area contributed by atoms with Gasteiger partial charge < -0.3 is 15.0 Å². The summed E-state index contributed by atoms with van der Waals surface area (Å²) in [5.74, 6) is 0. The molecule has 1 aromatic rings. The fraction of sp³-hybridized carbons (Fsp3) is 0.500. The summed E-state index contributed by atoms with van der Waals surface area (Å²) in [6.07, 6.45) is 2.07. The summed E-state index contributed by atoms with van der Waals surface area (Å²) in [5.41, 5.74) is 1.20. The van der Waals surface area contributed by atoms with E-state index in [-0.39, 0.29) is 6.10 Å². The van der Waals surface area contributed by atoms with Gasteiger partial charge in [0.25, 0.3) is 0 Å². The van der Waals surface area contributed by atoms with Crippen molar-refractivity contribution in [1.29, 1.82) is 0 Å². The molecule has 0 unspecified atom stereocenters. The molecule has 0 radical (unpaired) electrons. The molecule has 0 spiro atoms. The molecule has 3 heteroatoms. The summed E-state index contributed by atoms with van der Waals surface area (Å²) < 4.78 is 5.77. The van der Waals surface area contributed by atoms with Gasteiger partial charge in [0.1, 0.15) is 0 Å². The van der Waals surface area contributed by atoms with Crippen LogP contribution in [0.1, 0.15) is 18.4 Å². The molecule has 1 aliphatic heterocycles. The second-order valence-electron chi connectivity index (χ2n) is 4.03. The number of quaternary nitrogens is 1. The number of hydroxylamine groups is 2. The third-order valence-corrected chi connectivity index (χ3v) is 2.82. The maximum Gasteiger partial charge on any atom is 0.0793 e. The Morgan fingerprint density at radius 1 is 1.20 bits per heavy atom. The molecule has 1 heterocycles. The molecule has 1 N–H and O–H groups in total. The third kappa shape index (κ3) is 3.30. The fourth-order valence-corrected chi connectivity index (χ4v) is 1.87. The molecule has 0 atom stereocenters. The average molecular weight is 207 g/mol. The van der Waals surface area contributed by atoms with Gasteiger partial charge in [-0.3, -0.25) is 0 Å². The number of benzene rings is 1. The van der Waals surface area contributed by atoms with E-state index < -0.39 is 0 Å². The monoisotopic (exact) mass is 207 g/mol. The van der Waals surface area contributed by atoms with E-state index in [2.05, 4.69) is 12.1 Å². The Morgan fingerprint density at radius 2 is 1.87 bits per heavy atom. The van der Waals surface area contributed by atoms with Crippen LogP contribution in [0.2, 0.25) is 0 Å². The van der Waals surface area contributed by atoms with Gasteiger partial charge in [-0.15, -0.1) is 0 Å². The maximum atomic E-state index is 11.0.